The van der Waals surface area contributed by atoms with Gasteiger partial charge in [-0.3, -0.25) is 13.9 Å². The van der Waals surface area contributed by atoms with Gasteiger partial charge >= 0.3 is 0 Å². The number of amides is 1. The lowest BCUT2D eigenvalue weighted by Crippen LogP contribution is -2.39. The van der Waals surface area contributed by atoms with Gasteiger partial charge in [-0.05, 0) is 134 Å². The summed E-state index contributed by atoms with van der Waals surface area (Å²) in [5.41, 5.74) is 5.15. The van der Waals surface area contributed by atoms with Gasteiger partial charge in [0.25, 0.3) is 10.1 Å². The summed E-state index contributed by atoms with van der Waals surface area (Å²) < 4.78 is 42.0. The summed E-state index contributed by atoms with van der Waals surface area (Å²) in [6.45, 7) is 28.3. The maximum Gasteiger partial charge on any atom is 0.264 e. The van der Waals surface area contributed by atoms with Crippen molar-refractivity contribution in [3.05, 3.63) is 108 Å². The van der Waals surface area contributed by atoms with E-state index in [4.69, 9.17) is 20.6 Å². The third-order valence-corrected chi connectivity index (χ3v) is 9.00. The van der Waals surface area contributed by atoms with Gasteiger partial charge in [0.15, 0.2) is 0 Å². The van der Waals surface area contributed by atoms with E-state index >= 15 is 0 Å². The van der Waals surface area contributed by atoms with Crippen molar-refractivity contribution in [2.24, 2.45) is 0 Å². The molecule has 1 fully saturated rings. The first kappa shape index (κ1) is 54.5. The van der Waals surface area contributed by atoms with Gasteiger partial charge in [-0.25, -0.2) is 0 Å². The topological polar surface area (TPSA) is 144 Å². The molecule has 0 saturated carbocycles. The minimum absolute atomic E-state index is 0.115. The molecule has 338 valence electrons. The zero-order valence-electron chi connectivity index (χ0n) is 38.6. The fourth-order valence-corrected chi connectivity index (χ4v) is 6.18. The smallest absolute Gasteiger partial charge is 0.264 e. The molecule has 2 atom stereocenters. The number of benzene rings is 3. The molecule has 12 heteroatoms. The predicted octanol–water partition coefficient (Wildman–Crippen LogP) is 8.15. The molecule has 1 aliphatic heterocycles. The van der Waals surface area contributed by atoms with E-state index in [2.05, 4.69) is 66.7 Å². The van der Waals surface area contributed by atoms with Gasteiger partial charge < -0.3 is 29.7 Å². The van der Waals surface area contributed by atoms with Gasteiger partial charge in [0.05, 0.1) is 24.6 Å². The number of aliphatic hydroxyl groups excluding tert-OH is 2. The van der Waals surface area contributed by atoms with Crippen molar-refractivity contribution in [1.29, 1.82) is 0 Å². The summed E-state index contributed by atoms with van der Waals surface area (Å²) in [6, 6.07) is 26.0. The van der Waals surface area contributed by atoms with Crippen LogP contribution < -0.4 is 14.8 Å². The molecule has 4 rings (SSSR count). The molecule has 1 aliphatic rings. The number of rotatable bonds is 15. The zero-order valence-corrected chi connectivity index (χ0v) is 39.4. The lowest BCUT2D eigenvalue weighted by atomic mass is 9.90. The normalized spacial score (nSPS) is 14.0. The van der Waals surface area contributed by atoms with Crippen LogP contribution in [-0.4, -0.2) is 104 Å². The van der Waals surface area contributed by atoms with E-state index in [0.717, 1.165) is 39.8 Å². The lowest BCUT2D eigenvalue weighted by molar-refractivity contribution is -0.117. The monoisotopic (exact) mass is 864 g/mol. The summed E-state index contributed by atoms with van der Waals surface area (Å²) in [5.74, 6) is 3.62. The van der Waals surface area contributed by atoms with Crippen LogP contribution >= 0.6 is 0 Å². The number of aliphatic hydroxyl groups is 2. The number of hydrogen-bond acceptors (Lipinski definition) is 10. The van der Waals surface area contributed by atoms with Crippen LogP contribution in [0.1, 0.15) is 99.3 Å². The molecule has 11 nitrogen and oxygen atoms in total. The van der Waals surface area contributed by atoms with Gasteiger partial charge in [0.2, 0.25) is 5.91 Å². The van der Waals surface area contributed by atoms with Gasteiger partial charge in [-0.15, -0.1) is 6.42 Å². The molecule has 0 radical (unpaired) electrons. The average Bonchev–Trinajstić information content (AvgIpc) is 4.03. The highest BCUT2D eigenvalue weighted by Crippen LogP contribution is 2.34. The molecule has 0 aromatic heterocycles. The Morgan fingerprint density at radius 1 is 0.820 bits per heavy atom. The molecule has 3 N–H and O–H groups in total. The van der Waals surface area contributed by atoms with Crippen LogP contribution in [0, 0.1) is 12.3 Å². The van der Waals surface area contributed by atoms with Crippen LogP contribution in [0.5, 0.6) is 11.5 Å². The van der Waals surface area contributed by atoms with Crippen LogP contribution in [0.15, 0.2) is 91.5 Å². The Morgan fingerprint density at radius 2 is 1.30 bits per heavy atom. The van der Waals surface area contributed by atoms with Gasteiger partial charge in [0.1, 0.15) is 37.4 Å². The van der Waals surface area contributed by atoms with Crippen LogP contribution in [-0.2, 0) is 23.8 Å². The highest BCUT2D eigenvalue weighted by Gasteiger charge is 2.29. The quantitative estimate of drug-likeness (QED) is 0.0342. The van der Waals surface area contributed by atoms with Gasteiger partial charge in [0, 0.05) is 24.2 Å². The third kappa shape index (κ3) is 25.8. The highest BCUT2D eigenvalue weighted by atomic mass is 32.2. The third-order valence-electron chi connectivity index (χ3n) is 8.20. The Labute approximate surface area is 367 Å². The van der Waals surface area contributed by atoms with Crippen molar-refractivity contribution < 1.29 is 41.8 Å². The Bertz CT molecular complexity index is 1910. The standard InChI is InChI=1S/C31H34O5.C7H13NO.C6H13N.C5H12O3S/c1-4-19-34-20-28(33)22-36-30-17-13-26(14-18-30)31(23(3)24-9-7-6-8-10-24)25-11-15-29(16-12-25)35-21-27(32)5-2;1-5-6(9)8-7(2,3)4;1-6(2,3)7-4-5-7;1-5(2,3)8-9(4,6)7/h1,6-18,27-28,32-33H,5,19-22H2,2-3H3;5H,1H2,2-4H3,(H,8,9);4-5H2,1-3H3;1-4H3/b31-23+;;;. The first-order valence-electron chi connectivity index (χ1n) is 20.5. The van der Waals surface area contributed by atoms with Crippen LogP contribution in [0.3, 0.4) is 0 Å². The van der Waals surface area contributed by atoms with Crippen LogP contribution in [0.4, 0.5) is 0 Å². The van der Waals surface area contributed by atoms with E-state index in [1.54, 1.807) is 20.8 Å². The van der Waals surface area contributed by atoms with E-state index in [9.17, 15) is 23.4 Å². The van der Waals surface area contributed by atoms with E-state index < -0.39 is 27.9 Å². The van der Waals surface area contributed by atoms with E-state index in [-0.39, 0.29) is 37.9 Å². The molecule has 3 aromatic rings. The summed E-state index contributed by atoms with van der Waals surface area (Å²) >= 11 is 0. The molecular formula is C49H72N2O9S. The van der Waals surface area contributed by atoms with Gasteiger partial charge in [-0.2, -0.15) is 8.42 Å². The van der Waals surface area contributed by atoms with Crippen molar-refractivity contribution in [2.75, 3.05) is 45.8 Å². The second kappa shape index (κ2) is 26.1. The van der Waals surface area contributed by atoms with Crippen molar-refractivity contribution in [1.82, 2.24) is 10.2 Å². The Balaban J connectivity index is 0.000000597. The van der Waals surface area contributed by atoms with Crippen LogP contribution in [0.25, 0.3) is 11.1 Å². The molecule has 0 aliphatic carbocycles. The number of terminal acetylenes is 1. The minimum Gasteiger partial charge on any atom is -0.491 e. The van der Waals surface area contributed by atoms with E-state index in [1.807, 2.05) is 94.4 Å². The lowest BCUT2D eigenvalue weighted by Gasteiger charge is -2.18. The number of nitrogens with one attached hydrogen (secondary N) is 1. The Kier molecular flexibility index (Phi) is 23.3. The van der Waals surface area contributed by atoms with Crippen LogP contribution in [0.2, 0.25) is 0 Å². The van der Waals surface area contributed by atoms with E-state index in [0.29, 0.717) is 17.7 Å². The maximum absolute atomic E-state index is 10.6. The fourth-order valence-electron chi connectivity index (χ4n) is 5.27. The molecule has 3 aromatic carbocycles. The Hall–Kier alpha value is -4.48. The van der Waals surface area contributed by atoms with Gasteiger partial charge in [-0.1, -0.05) is 74.0 Å². The molecule has 1 amide bonds. The molecule has 0 bridgehead atoms. The highest BCUT2D eigenvalue weighted by molar-refractivity contribution is 7.86. The molecule has 1 heterocycles. The number of ether oxygens (including phenoxy) is 3. The minimum atomic E-state index is -3.28. The summed E-state index contributed by atoms with van der Waals surface area (Å²) in [7, 11) is -3.28. The second-order valence-corrected chi connectivity index (χ2v) is 19.0. The summed E-state index contributed by atoms with van der Waals surface area (Å²) in [5, 5.41) is 22.5. The molecule has 0 spiro atoms. The molecular weight excluding hydrogens is 793 g/mol. The van der Waals surface area contributed by atoms with Crippen molar-refractivity contribution in [3.8, 4) is 23.8 Å². The molecule has 2 unspecified atom stereocenters. The van der Waals surface area contributed by atoms with Crippen molar-refractivity contribution in [2.45, 2.75) is 111 Å². The van der Waals surface area contributed by atoms with Crippen molar-refractivity contribution in [3.63, 3.8) is 0 Å². The Morgan fingerprint density at radius 3 is 1.61 bits per heavy atom. The maximum atomic E-state index is 10.6. The fraction of sp³-hybridized carbons (Fsp3) is 0.490. The first-order valence-corrected chi connectivity index (χ1v) is 22.3. The second-order valence-electron chi connectivity index (χ2n) is 17.5. The van der Waals surface area contributed by atoms with E-state index in [1.165, 1.54) is 19.2 Å². The SMILES string of the molecule is C#CCOCC(O)COc1ccc(/C(=C(\C)c2ccccc2)c2ccc(OCC(O)CC)cc2)cc1.C=CC(=O)NC(C)(C)C.CC(C)(C)N1CC1.CC(C)(C)OS(C)(=O)=O. The summed E-state index contributed by atoms with van der Waals surface area (Å²) in [6.07, 6.45) is 6.88. The predicted molar refractivity (Wildman–Crippen MR) is 249 cm³/mol. The number of carbonyl (C=O) groups is 1. The average molecular weight is 865 g/mol. The summed E-state index contributed by atoms with van der Waals surface area (Å²) in [4.78, 5) is 13.0. The number of nitrogens with zero attached hydrogens (tertiary/aromatic N) is 1. The number of carbonyl (C=O) groups excluding carboxylic acids is 1. The zero-order chi connectivity index (χ0) is 46.4. The number of hydrogen-bond donors (Lipinski definition) is 3. The van der Waals surface area contributed by atoms with Crippen molar-refractivity contribution >= 4 is 27.2 Å². The largest absolute Gasteiger partial charge is 0.491 e. The molecule has 1 saturated heterocycles. The molecule has 61 heavy (non-hydrogen) atoms. The number of allylic oxidation sites excluding steroid dienone is 1. The first-order chi connectivity index (χ1) is 28.3.